The first-order chi connectivity index (χ1) is 8.77. The molecule has 0 bridgehead atoms. The summed E-state index contributed by atoms with van der Waals surface area (Å²) in [7, 11) is 0. The number of carbonyl (C=O) groups excluding carboxylic acids is 1. The minimum atomic E-state index is -0.622. The van der Waals surface area contributed by atoms with Crippen molar-refractivity contribution in [3.05, 3.63) is 60.1 Å². The van der Waals surface area contributed by atoms with Crippen molar-refractivity contribution in [3.8, 4) is 0 Å². The van der Waals surface area contributed by atoms with Crippen molar-refractivity contribution < 1.29 is 9.21 Å². The highest BCUT2D eigenvalue weighted by Crippen LogP contribution is 2.09. The summed E-state index contributed by atoms with van der Waals surface area (Å²) in [6.07, 6.45) is 2.28. The van der Waals surface area contributed by atoms with Crippen LogP contribution in [0, 0.1) is 0 Å². The number of hydrogen-bond acceptors (Lipinski definition) is 3. The van der Waals surface area contributed by atoms with Gasteiger partial charge in [-0.25, -0.2) is 0 Å². The topological polar surface area (TPSA) is 68.3 Å². The summed E-state index contributed by atoms with van der Waals surface area (Å²) >= 11 is 0. The van der Waals surface area contributed by atoms with Crippen molar-refractivity contribution in [2.75, 3.05) is 6.54 Å². The molecule has 4 nitrogen and oxygen atoms in total. The van der Waals surface area contributed by atoms with Gasteiger partial charge in [0.2, 0.25) is 5.91 Å². The van der Waals surface area contributed by atoms with E-state index in [1.54, 1.807) is 6.26 Å². The fourth-order valence-electron chi connectivity index (χ4n) is 1.69. The highest BCUT2D eigenvalue weighted by Gasteiger charge is 2.14. The van der Waals surface area contributed by atoms with Gasteiger partial charge in [0, 0.05) is 13.0 Å². The van der Waals surface area contributed by atoms with Gasteiger partial charge >= 0.3 is 0 Å². The standard InChI is InChI=1S/C14H16N2O2/c15-13(11-5-2-1-3-6-11)14(17)16-9-8-12-7-4-10-18-12/h1-7,10,13H,8-9,15H2,(H,16,17)/t13-/m1/s1. The third-order valence-electron chi connectivity index (χ3n) is 2.69. The van der Waals surface area contributed by atoms with Gasteiger partial charge in [-0.05, 0) is 17.7 Å². The normalized spacial score (nSPS) is 12.1. The van der Waals surface area contributed by atoms with Crippen LogP contribution in [0.25, 0.3) is 0 Å². The van der Waals surface area contributed by atoms with Crippen LogP contribution in [0.3, 0.4) is 0 Å². The zero-order valence-electron chi connectivity index (χ0n) is 10.0. The van der Waals surface area contributed by atoms with E-state index in [1.165, 1.54) is 0 Å². The summed E-state index contributed by atoms with van der Waals surface area (Å²) in [6.45, 7) is 0.521. The quantitative estimate of drug-likeness (QED) is 0.840. The molecule has 2 aromatic rings. The highest BCUT2D eigenvalue weighted by molar-refractivity contribution is 5.82. The van der Waals surface area contributed by atoms with Gasteiger partial charge in [-0.3, -0.25) is 4.79 Å². The van der Waals surface area contributed by atoms with Crippen LogP contribution in [0.4, 0.5) is 0 Å². The summed E-state index contributed by atoms with van der Waals surface area (Å²) < 4.78 is 5.18. The summed E-state index contributed by atoms with van der Waals surface area (Å²) in [5.74, 6) is 0.677. The molecule has 0 aliphatic heterocycles. The number of nitrogens with one attached hydrogen (secondary N) is 1. The molecule has 3 N–H and O–H groups in total. The van der Waals surface area contributed by atoms with E-state index in [0.717, 1.165) is 11.3 Å². The van der Waals surface area contributed by atoms with E-state index in [1.807, 2.05) is 42.5 Å². The molecule has 94 valence electrons. The third kappa shape index (κ3) is 3.21. The van der Waals surface area contributed by atoms with Crippen LogP contribution in [0.1, 0.15) is 17.4 Å². The zero-order chi connectivity index (χ0) is 12.8. The molecule has 0 aliphatic rings. The number of rotatable bonds is 5. The second-order valence-corrected chi connectivity index (χ2v) is 4.01. The van der Waals surface area contributed by atoms with Crippen LogP contribution in [0.2, 0.25) is 0 Å². The maximum absolute atomic E-state index is 11.8. The minimum Gasteiger partial charge on any atom is -0.469 e. The minimum absolute atomic E-state index is 0.173. The van der Waals surface area contributed by atoms with Gasteiger partial charge in [-0.15, -0.1) is 0 Å². The molecule has 0 saturated carbocycles. The molecule has 1 aromatic carbocycles. The molecular formula is C14H16N2O2. The number of hydrogen-bond donors (Lipinski definition) is 2. The number of benzene rings is 1. The van der Waals surface area contributed by atoms with Gasteiger partial charge in [0.25, 0.3) is 0 Å². The summed E-state index contributed by atoms with van der Waals surface area (Å²) in [4.78, 5) is 11.8. The Morgan fingerprint density at radius 3 is 2.67 bits per heavy atom. The molecule has 0 aliphatic carbocycles. The lowest BCUT2D eigenvalue weighted by atomic mass is 10.1. The second-order valence-electron chi connectivity index (χ2n) is 4.01. The first kappa shape index (κ1) is 12.4. The molecule has 18 heavy (non-hydrogen) atoms. The number of nitrogens with two attached hydrogens (primary N) is 1. The Morgan fingerprint density at radius 1 is 1.22 bits per heavy atom. The summed E-state index contributed by atoms with van der Waals surface area (Å²) in [6, 6.07) is 12.4. The van der Waals surface area contributed by atoms with Crippen molar-refractivity contribution in [2.24, 2.45) is 5.73 Å². The van der Waals surface area contributed by atoms with E-state index in [0.29, 0.717) is 13.0 Å². The molecule has 1 aromatic heterocycles. The fourth-order valence-corrected chi connectivity index (χ4v) is 1.69. The van der Waals surface area contributed by atoms with Crippen molar-refractivity contribution in [1.82, 2.24) is 5.32 Å². The van der Waals surface area contributed by atoms with Gasteiger partial charge in [-0.1, -0.05) is 30.3 Å². The molecule has 0 fully saturated rings. The predicted molar refractivity (Wildman–Crippen MR) is 68.8 cm³/mol. The molecule has 0 unspecified atom stereocenters. The lowest BCUT2D eigenvalue weighted by Crippen LogP contribution is -2.35. The maximum Gasteiger partial charge on any atom is 0.241 e. The molecule has 0 spiro atoms. The van der Waals surface area contributed by atoms with Crippen LogP contribution >= 0.6 is 0 Å². The summed E-state index contributed by atoms with van der Waals surface area (Å²) in [5, 5.41) is 2.80. The van der Waals surface area contributed by atoms with Gasteiger partial charge in [0.15, 0.2) is 0 Å². The molecule has 2 rings (SSSR count). The van der Waals surface area contributed by atoms with Gasteiger partial charge in [-0.2, -0.15) is 0 Å². The maximum atomic E-state index is 11.8. The fraction of sp³-hybridized carbons (Fsp3) is 0.214. The Morgan fingerprint density at radius 2 is 2.00 bits per heavy atom. The van der Waals surface area contributed by atoms with Crippen LogP contribution in [-0.4, -0.2) is 12.5 Å². The Kier molecular flexibility index (Phi) is 4.15. The molecule has 0 radical (unpaired) electrons. The Balaban J connectivity index is 1.81. The Labute approximate surface area is 106 Å². The first-order valence-corrected chi connectivity index (χ1v) is 5.88. The second kappa shape index (κ2) is 6.02. The SMILES string of the molecule is N[C@@H](C(=O)NCCc1ccco1)c1ccccc1. The lowest BCUT2D eigenvalue weighted by molar-refractivity contribution is -0.122. The Hall–Kier alpha value is -2.07. The van der Waals surface area contributed by atoms with Crippen LogP contribution in [0.5, 0.6) is 0 Å². The van der Waals surface area contributed by atoms with Gasteiger partial charge < -0.3 is 15.5 Å². The summed E-state index contributed by atoms with van der Waals surface area (Å²) in [5.41, 5.74) is 6.68. The molecule has 0 saturated heterocycles. The number of amides is 1. The van der Waals surface area contributed by atoms with E-state index in [9.17, 15) is 4.79 Å². The van der Waals surface area contributed by atoms with Crippen molar-refractivity contribution in [1.29, 1.82) is 0 Å². The molecule has 1 atom stereocenters. The smallest absolute Gasteiger partial charge is 0.241 e. The van der Waals surface area contributed by atoms with E-state index >= 15 is 0 Å². The molecule has 4 heteroatoms. The average molecular weight is 244 g/mol. The van der Waals surface area contributed by atoms with E-state index < -0.39 is 6.04 Å². The van der Waals surface area contributed by atoms with Gasteiger partial charge in [0.1, 0.15) is 11.8 Å². The van der Waals surface area contributed by atoms with Crippen LogP contribution < -0.4 is 11.1 Å². The van der Waals surface area contributed by atoms with E-state index in [2.05, 4.69) is 5.32 Å². The van der Waals surface area contributed by atoms with Crippen molar-refractivity contribution in [3.63, 3.8) is 0 Å². The predicted octanol–water partition coefficient (Wildman–Crippen LogP) is 1.64. The van der Waals surface area contributed by atoms with E-state index in [-0.39, 0.29) is 5.91 Å². The average Bonchev–Trinajstić information content (AvgIpc) is 2.92. The first-order valence-electron chi connectivity index (χ1n) is 5.88. The highest BCUT2D eigenvalue weighted by atomic mass is 16.3. The molecule has 1 amide bonds. The Bertz CT molecular complexity index is 480. The lowest BCUT2D eigenvalue weighted by Gasteiger charge is -2.11. The monoisotopic (exact) mass is 244 g/mol. The van der Waals surface area contributed by atoms with Gasteiger partial charge in [0.05, 0.1) is 6.26 Å². The van der Waals surface area contributed by atoms with E-state index in [4.69, 9.17) is 10.2 Å². The third-order valence-corrected chi connectivity index (χ3v) is 2.69. The number of carbonyl (C=O) groups is 1. The zero-order valence-corrected chi connectivity index (χ0v) is 10.0. The van der Waals surface area contributed by atoms with Crippen LogP contribution in [0.15, 0.2) is 53.1 Å². The number of furan rings is 1. The van der Waals surface area contributed by atoms with Crippen LogP contribution in [-0.2, 0) is 11.2 Å². The molecule has 1 heterocycles. The largest absolute Gasteiger partial charge is 0.469 e. The van der Waals surface area contributed by atoms with Crippen molar-refractivity contribution >= 4 is 5.91 Å². The van der Waals surface area contributed by atoms with Crippen molar-refractivity contribution in [2.45, 2.75) is 12.5 Å². The molecular weight excluding hydrogens is 228 g/mol.